The first-order chi connectivity index (χ1) is 9.22. The lowest BCUT2D eigenvalue weighted by Crippen LogP contribution is -2.30. The summed E-state index contributed by atoms with van der Waals surface area (Å²) >= 11 is 0. The second-order valence-corrected chi connectivity index (χ2v) is 5.23. The maximum atomic E-state index is 5.64. The van der Waals surface area contributed by atoms with E-state index in [0.29, 0.717) is 12.5 Å². The minimum absolute atomic E-state index is 0.602. The summed E-state index contributed by atoms with van der Waals surface area (Å²) < 4.78 is 0. The van der Waals surface area contributed by atoms with Crippen molar-refractivity contribution >= 4 is 16.6 Å². The molecule has 4 nitrogen and oxygen atoms in total. The van der Waals surface area contributed by atoms with Crippen molar-refractivity contribution in [3.63, 3.8) is 0 Å². The second kappa shape index (κ2) is 6.48. The SMILES string of the molecule is CC(C)CN(CCCN)c1cnnc2ccccc12. The number of hydrogen-bond donors (Lipinski definition) is 1. The smallest absolute Gasteiger partial charge is 0.0950 e. The number of aromatic nitrogens is 2. The molecule has 0 fully saturated rings. The van der Waals surface area contributed by atoms with Crippen LogP contribution in [0.5, 0.6) is 0 Å². The summed E-state index contributed by atoms with van der Waals surface area (Å²) in [4.78, 5) is 2.37. The summed E-state index contributed by atoms with van der Waals surface area (Å²) in [7, 11) is 0. The van der Waals surface area contributed by atoms with Gasteiger partial charge in [0.05, 0.1) is 17.4 Å². The lowest BCUT2D eigenvalue weighted by atomic mass is 10.1. The topological polar surface area (TPSA) is 55.0 Å². The van der Waals surface area contributed by atoms with E-state index in [1.165, 1.54) is 0 Å². The molecule has 19 heavy (non-hydrogen) atoms. The molecule has 0 aliphatic carbocycles. The number of nitrogens with two attached hydrogens (primary N) is 1. The second-order valence-electron chi connectivity index (χ2n) is 5.23. The molecular formula is C15H22N4. The minimum Gasteiger partial charge on any atom is -0.369 e. The number of benzene rings is 1. The molecule has 102 valence electrons. The summed E-state index contributed by atoms with van der Waals surface area (Å²) in [6, 6.07) is 8.15. The molecule has 0 radical (unpaired) electrons. The van der Waals surface area contributed by atoms with E-state index in [4.69, 9.17) is 5.73 Å². The largest absolute Gasteiger partial charge is 0.369 e. The van der Waals surface area contributed by atoms with Crippen LogP contribution in [0.15, 0.2) is 30.5 Å². The van der Waals surface area contributed by atoms with Crippen molar-refractivity contribution in [3.8, 4) is 0 Å². The fraction of sp³-hybridized carbons (Fsp3) is 0.467. The summed E-state index contributed by atoms with van der Waals surface area (Å²) in [5.74, 6) is 0.602. The zero-order chi connectivity index (χ0) is 13.7. The van der Waals surface area contributed by atoms with Gasteiger partial charge in [0.15, 0.2) is 0 Å². The Kier molecular flexibility index (Phi) is 4.68. The molecule has 2 N–H and O–H groups in total. The molecule has 0 saturated carbocycles. The van der Waals surface area contributed by atoms with Crippen molar-refractivity contribution in [2.75, 3.05) is 24.5 Å². The van der Waals surface area contributed by atoms with Gasteiger partial charge in [0.2, 0.25) is 0 Å². The highest BCUT2D eigenvalue weighted by molar-refractivity contribution is 5.90. The van der Waals surface area contributed by atoms with Gasteiger partial charge in [-0.2, -0.15) is 10.2 Å². The number of hydrogen-bond acceptors (Lipinski definition) is 4. The molecule has 0 aliphatic heterocycles. The maximum absolute atomic E-state index is 5.64. The first kappa shape index (κ1) is 13.7. The highest BCUT2D eigenvalue weighted by atomic mass is 15.2. The molecule has 0 spiro atoms. The predicted molar refractivity (Wildman–Crippen MR) is 80.3 cm³/mol. The van der Waals surface area contributed by atoms with Crippen LogP contribution < -0.4 is 10.6 Å². The number of rotatable bonds is 6. The molecule has 4 heteroatoms. The molecule has 0 aliphatic rings. The van der Waals surface area contributed by atoms with Crippen LogP contribution >= 0.6 is 0 Å². The predicted octanol–water partition coefficient (Wildman–Crippen LogP) is 2.44. The average molecular weight is 258 g/mol. The van der Waals surface area contributed by atoms with Gasteiger partial charge in [-0.1, -0.05) is 32.0 Å². The lowest BCUT2D eigenvalue weighted by molar-refractivity contribution is 0.601. The van der Waals surface area contributed by atoms with E-state index in [1.54, 1.807) is 0 Å². The Balaban J connectivity index is 2.37. The van der Waals surface area contributed by atoms with Crippen LogP contribution in [-0.4, -0.2) is 29.8 Å². The van der Waals surface area contributed by atoms with Gasteiger partial charge in [0, 0.05) is 18.5 Å². The van der Waals surface area contributed by atoms with Gasteiger partial charge in [-0.15, -0.1) is 0 Å². The molecule has 2 rings (SSSR count). The molecule has 2 aromatic rings. The van der Waals surface area contributed by atoms with Crippen molar-refractivity contribution in [2.45, 2.75) is 20.3 Å². The van der Waals surface area contributed by atoms with Gasteiger partial charge < -0.3 is 10.6 Å². The Labute approximate surface area is 114 Å². The summed E-state index contributed by atoms with van der Waals surface area (Å²) in [6.45, 7) is 7.14. The maximum Gasteiger partial charge on any atom is 0.0950 e. The van der Waals surface area contributed by atoms with Gasteiger partial charge in [-0.25, -0.2) is 0 Å². The molecule has 1 aromatic carbocycles. The first-order valence-corrected chi connectivity index (χ1v) is 6.88. The van der Waals surface area contributed by atoms with Crippen LogP contribution in [0.2, 0.25) is 0 Å². The van der Waals surface area contributed by atoms with Crippen molar-refractivity contribution in [1.29, 1.82) is 0 Å². The van der Waals surface area contributed by atoms with Crippen molar-refractivity contribution in [3.05, 3.63) is 30.5 Å². The molecular weight excluding hydrogens is 236 g/mol. The lowest BCUT2D eigenvalue weighted by Gasteiger charge is -2.27. The quantitative estimate of drug-likeness (QED) is 0.864. The van der Waals surface area contributed by atoms with Gasteiger partial charge in [0.25, 0.3) is 0 Å². The molecule has 0 amide bonds. The first-order valence-electron chi connectivity index (χ1n) is 6.88. The van der Waals surface area contributed by atoms with Gasteiger partial charge >= 0.3 is 0 Å². The van der Waals surface area contributed by atoms with Gasteiger partial charge in [0.1, 0.15) is 0 Å². The summed E-state index contributed by atoms with van der Waals surface area (Å²) in [5, 5.41) is 9.47. The Morgan fingerprint density at radius 2 is 2.05 bits per heavy atom. The van der Waals surface area contributed by atoms with E-state index in [0.717, 1.165) is 36.1 Å². The van der Waals surface area contributed by atoms with Crippen LogP contribution in [0.25, 0.3) is 10.9 Å². The zero-order valence-electron chi connectivity index (χ0n) is 11.7. The van der Waals surface area contributed by atoms with E-state index in [1.807, 2.05) is 24.4 Å². The fourth-order valence-corrected chi connectivity index (χ4v) is 2.28. The van der Waals surface area contributed by atoms with Gasteiger partial charge in [-0.3, -0.25) is 0 Å². The molecule has 0 saturated heterocycles. The van der Waals surface area contributed by atoms with Crippen LogP contribution in [0.1, 0.15) is 20.3 Å². The van der Waals surface area contributed by atoms with Crippen LogP contribution in [0, 0.1) is 5.92 Å². The van der Waals surface area contributed by atoms with E-state index < -0.39 is 0 Å². The fourth-order valence-electron chi connectivity index (χ4n) is 2.28. The minimum atomic E-state index is 0.602. The average Bonchev–Trinajstić information content (AvgIpc) is 2.42. The molecule has 1 aromatic heterocycles. The van der Waals surface area contributed by atoms with Crippen LogP contribution in [0.4, 0.5) is 5.69 Å². The van der Waals surface area contributed by atoms with Crippen molar-refractivity contribution < 1.29 is 0 Å². The highest BCUT2D eigenvalue weighted by Gasteiger charge is 2.12. The van der Waals surface area contributed by atoms with Crippen molar-refractivity contribution in [1.82, 2.24) is 10.2 Å². The highest BCUT2D eigenvalue weighted by Crippen LogP contribution is 2.24. The summed E-state index contributed by atoms with van der Waals surface area (Å²) in [5.41, 5.74) is 7.75. The standard InChI is InChI=1S/C15H22N4/c1-12(2)11-19(9-5-8-16)15-10-17-18-14-7-4-3-6-13(14)15/h3-4,6-7,10,12H,5,8-9,11,16H2,1-2H3. The van der Waals surface area contributed by atoms with Crippen molar-refractivity contribution in [2.24, 2.45) is 11.7 Å². The third kappa shape index (κ3) is 3.41. The molecule has 0 unspecified atom stereocenters. The number of fused-ring (bicyclic) bond motifs is 1. The number of anilines is 1. The van der Waals surface area contributed by atoms with E-state index in [-0.39, 0.29) is 0 Å². The van der Waals surface area contributed by atoms with Gasteiger partial charge in [-0.05, 0) is 24.9 Å². The van der Waals surface area contributed by atoms with E-state index in [9.17, 15) is 0 Å². The Bertz CT molecular complexity index is 519. The van der Waals surface area contributed by atoms with E-state index >= 15 is 0 Å². The molecule has 0 bridgehead atoms. The molecule has 1 heterocycles. The van der Waals surface area contributed by atoms with Crippen LogP contribution in [-0.2, 0) is 0 Å². The monoisotopic (exact) mass is 258 g/mol. The third-order valence-corrected chi connectivity index (χ3v) is 3.08. The Morgan fingerprint density at radius 1 is 1.26 bits per heavy atom. The summed E-state index contributed by atoms with van der Waals surface area (Å²) in [6.07, 6.45) is 2.85. The Hall–Kier alpha value is -1.68. The third-order valence-electron chi connectivity index (χ3n) is 3.08. The Morgan fingerprint density at radius 3 is 2.79 bits per heavy atom. The zero-order valence-corrected chi connectivity index (χ0v) is 11.7. The van der Waals surface area contributed by atoms with E-state index in [2.05, 4.69) is 35.0 Å². The number of nitrogens with zero attached hydrogens (tertiary/aromatic N) is 3. The van der Waals surface area contributed by atoms with Crippen LogP contribution in [0.3, 0.4) is 0 Å². The molecule has 0 atom stereocenters. The normalized spacial score (nSPS) is 11.2.